The van der Waals surface area contributed by atoms with E-state index in [1.165, 1.54) is 13.2 Å². The van der Waals surface area contributed by atoms with Gasteiger partial charge >= 0.3 is 6.03 Å². The molecular weight excluding hydrogens is 346 g/mol. The van der Waals surface area contributed by atoms with Gasteiger partial charge < -0.3 is 10.1 Å². The molecule has 3 rings (SSSR count). The Morgan fingerprint density at radius 1 is 1.15 bits per heavy atom. The Labute approximate surface area is 157 Å². The van der Waals surface area contributed by atoms with Gasteiger partial charge in [0.25, 0.3) is 11.8 Å². The molecule has 140 valence electrons. The molecule has 1 aliphatic heterocycles. The average molecular weight is 367 g/mol. The van der Waals surface area contributed by atoms with E-state index in [-0.39, 0.29) is 5.56 Å². The van der Waals surface area contributed by atoms with E-state index in [1.807, 2.05) is 30.3 Å². The van der Waals surface area contributed by atoms with Crippen molar-refractivity contribution in [2.75, 3.05) is 7.11 Å². The van der Waals surface area contributed by atoms with Crippen molar-refractivity contribution in [2.24, 2.45) is 0 Å². The van der Waals surface area contributed by atoms with Crippen molar-refractivity contribution in [2.45, 2.75) is 25.3 Å². The minimum absolute atomic E-state index is 0.285. The molecule has 1 aliphatic rings. The van der Waals surface area contributed by atoms with Gasteiger partial charge in [-0.25, -0.2) is 4.79 Å². The SMILES string of the molecule is COc1cccc(C(=O)NN2C(=O)NC(C)(CCc3ccccc3)C2=O)c1. The Morgan fingerprint density at radius 2 is 1.89 bits per heavy atom. The first kappa shape index (κ1) is 18.4. The lowest BCUT2D eigenvalue weighted by Gasteiger charge is -2.21. The highest BCUT2D eigenvalue weighted by Gasteiger charge is 2.48. The molecule has 27 heavy (non-hydrogen) atoms. The average Bonchev–Trinajstić information content (AvgIpc) is 2.90. The molecule has 2 aromatic rings. The van der Waals surface area contributed by atoms with Crippen LogP contribution >= 0.6 is 0 Å². The highest BCUT2D eigenvalue weighted by molar-refractivity contribution is 6.09. The first-order chi connectivity index (χ1) is 12.9. The summed E-state index contributed by atoms with van der Waals surface area (Å²) in [5, 5.41) is 3.42. The number of urea groups is 1. The fraction of sp³-hybridized carbons (Fsp3) is 0.250. The van der Waals surface area contributed by atoms with Crippen LogP contribution < -0.4 is 15.5 Å². The van der Waals surface area contributed by atoms with Crippen LogP contribution in [-0.4, -0.2) is 35.5 Å². The number of nitrogens with zero attached hydrogens (tertiary/aromatic N) is 1. The molecule has 7 heteroatoms. The summed E-state index contributed by atoms with van der Waals surface area (Å²) in [6.45, 7) is 1.66. The maximum absolute atomic E-state index is 12.8. The number of carbonyl (C=O) groups is 3. The Morgan fingerprint density at radius 3 is 2.59 bits per heavy atom. The van der Waals surface area contributed by atoms with Crippen LogP contribution in [0.5, 0.6) is 5.75 Å². The van der Waals surface area contributed by atoms with Crippen molar-refractivity contribution in [3.05, 3.63) is 65.7 Å². The van der Waals surface area contributed by atoms with Crippen molar-refractivity contribution in [1.82, 2.24) is 15.8 Å². The lowest BCUT2D eigenvalue weighted by Crippen LogP contribution is -2.48. The quantitative estimate of drug-likeness (QED) is 0.767. The normalized spacial score (nSPS) is 19.0. The number of hydrazine groups is 1. The molecule has 2 N–H and O–H groups in total. The number of rotatable bonds is 6. The predicted octanol–water partition coefficient (Wildman–Crippen LogP) is 2.28. The maximum Gasteiger partial charge on any atom is 0.344 e. The smallest absolute Gasteiger partial charge is 0.344 e. The molecule has 1 heterocycles. The van der Waals surface area contributed by atoms with Gasteiger partial charge in [0.05, 0.1) is 7.11 Å². The molecule has 0 aromatic heterocycles. The first-order valence-corrected chi connectivity index (χ1v) is 8.58. The molecule has 1 atom stereocenters. The summed E-state index contributed by atoms with van der Waals surface area (Å²) >= 11 is 0. The third-order valence-corrected chi connectivity index (χ3v) is 4.56. The van der Waals surface area contributed by atoms with E-state index < -0.39 is 23.4 Å². The molecule has 0 spiro atoms. The molecule has 0 bridgehead atoms. The van der Waals surface area contributed by atoms with Crippen molar-refractivity contribution in [3.8, 4) is 5.75 Å². The number of hydrogen-bond acceptors (Lipinski definition) is 4. The lowest BCUT2D eigenvalue weighted by molar-refractivity contribution is -0.132. The van der Waals surface area contributed by atoms with E-state index in [0.29, 0.717) is 18.6 Å². The summed E-state index contributed by atoms with van der Waals surface area (Å²) in [4.78, 5) is 37.4. The second-order valence-corrected chi connectivity index (χ2v) is 6.56. The Kier molecular flexibility index (Phi) is 5.12. The molecule has 1 unspecified atom stereocenters. The Balaban J connectivity index is 1.68. The van der Waals surface area contributed by atoms with Crippen molar-refractivity contribution in [1.29, 1.82) is 0 Å². The summed E-state index contributed by atoms with van der Waals surface area (Å²) < 4.78 is 5.08. The molecule has 1 saturated heterocycles. The fourth-order valence-corrected chi connectivity index (χ4v) is 2.92. The monoisotopic (exact) mass is 367 g/mol. The first-order valence-electron chi connectivity index (χ1n) is 8.58. The number of hydrogen-bond donors (Lipinski definition) is 2. The molecular formula is C20H21N3O4. The minimum atomic E-state index is -1.07. The van der Waals surface area contributed by atoms with Gasteiger partial charge in [-0.3, -0.25) is 15.0 Å². The van der Waals surface area contributed by atoms with Crippen molar-refractivity contribution >= 4 is 17.8 Å². The highest BCUT2D eigenvalue weighted by atomic mass is 16.5. The Hall–Kier alpha value is -3.35. The van der Waals surface area contributed by atoms with Gasteiger partial charge in [0.2, 0.25) is 0 Å². The van der Waals surface area contributed by atoms with Crippen LogP contribution in [-0.2, 0) is 11.2 Å². The van der Waals surface area contributed by atoms with Crippen LogP contribution in [0.1, 0.15) is 29.3 Å². The van der Waals surface area contributed by atoms with Crippen molar-refractivity contribution < 1.29 is 19.1 Å². The van der Waals surface area contributed by atoms with E-state index in [1.54, 1.807) is 25.1 Å². The minimum Gasteiger partial charge on any atom is -0.497 e. The lowest BCUT2D eigenvalue weighted by atomic mass is 9.93. The number of ether oxygens (including phenoxy) is 1. The van der Waals surface area contributed by atoms with E-state index in [0.717, 1.165) is 10.6 Å². The summed E-state index contributed by atoms with van der Waals surface area (Å²) in [6, 6.07) is 15.5. The third kappa shape index (κ3) is 3.92. The summed E-state index contributed by atoms with van der Waals surface area (Å²) in [7, 11) is 1.49. The van der Waals surface area contributed by atoms with E-state index >= 15 is 0 Å². The molecule has 1 fully saturated rings. The highest BCUT2D eigenvalue weighted by Crippen LogP contribution is 2.22. The van der Waals surface area contributed by atoms with Crippen LogP contribution in [0.25, 0.3) is 0 Å². The number of methoxy groups -OCH3 is 1. The number of amides is 4. The number of aryl methyl sites for hydroxylation is 1. The van der Waals surface area contributed by atoms with Crippen LogP contribution in [0.15, 0.2) is 54.6 Å². The van der Waals surface area contributed by atoms with Gasteiger partial charge in [0, 0.05) is 5.56 Å². The fourth-order valence-electron chi connectivity index (χ4n) is 2.92. The van der Waals surface area contributed by atoms with Gasteiger partial charge in [0.1, 0.15) is 11.3 Å². The van der Waals surface area contributed by atoms with Crippen LogP contribution in [0, 0.1) is 0 Å². The van der Waals surface area contributed by atoms with Gasteiger partial charge in [0.15, 0.2) is 0 Å². The third-order valence-electron chi connectivity index (χ3n) is 4.56. The van der Waals surface area contributed by atoms with E-state index in [2.05, 4.69) is 10.7 Å². The zero-order valence-corrected chi connectivity index (χ0v) is 15.2. The van der Waals surface area contributed by atoms with Gasteiger partial charge in [-0.1, -0.05) is 36.4 Å². The number of benzene rings is 2. The zero-order valence-electron chi connectivity index (χ0n) is 15.2. The van der Waals surface area contributed by atoms with Gasteiger partial charge in [-0.2, -0.15) is 5.01 Å². The molecule has 0 radical (unpaired) electrons. The predicted molar refractivity (Wildman–Crippen MR) is 99.0 cm³/mol. The zero-order chi connectivity index (χ0) is 19.4. The summed E-state index contributed by atoms with van der Waals surface area (Å²) in [5.74, 6) is -0.545. The summed E-state index contributed by atoms with van der Waals surface area (Å²) in [5.41, 5.74) is 2.66. The molecule has 2 aromatic carbocycles. The largest absolute Gasteiger partial charge is 0.497 e. The number of imide groups is 1. The number of nitrogens with one attached hydrogen (secondary N) is 2. The second kappa shape index (κ2) is 7.49. The van der Waals surface area contributed by atoms with Gasteiger partial charge in [-0.05, 0) is 43.5 Å². The molecule has 0 aliphatic carbocycles. The molecule has 4 amide bonds. The molecule has 0 saturated carbocycles. The number of carbonyl (C=O) groups excluding carboxylic acids is 3. The standard InChI is InChI=1S/C20H21N3O4/c1-20(12-11-14-7-4-3-5-8-14)18(25)23(19(26)21-20)22-17(24)15-9-6-10-16(13-15)27-2/h3-10,13H,11-12H2,1-2H3,(H,21,26)(H,22,24). The topological polar surface area (TPSA) is 87.7 Å². The van der Waals surface area contributed by atoms with Gasteiger partial charge in [-0.15, -0.1) is 0 Å². The van der Waals surface area contributed by atoms with Crippen LogP contribution in [0.2, 0.25) is 0 Å². The van der Waals surface area contributed by atoms with E-state index in [4.69, 9.17) is 4.74 Å². The van der Waals surface area contributed by atoms with Crippen LogP contribution in [0.3, 0.4) is 0 Å². The maximum atomic E-state index is 12.8. The second-order valence-electron chi connectivity index (χ2n) is 6.56. The Bertz CT molecular complexity index is 869. The summed E-state index contributed by atoms with van der Waals surface area (Å²) in [6.07, 6.45) is 1.05. The van der Waals surface area contributed by atoms with E-state index in [9.17, 15) is 14.4 Å². The molecule has 7 nitrogen and oxygen atoms in total. The van der Waals surface area contributed by atoms with Crippen LogP contribution in [0.4, 0.5) is 4.79 Å². The van der Waals surface area contributed by atoms with Crippen molar-refractivity contribution in [3.63, 3.8) is 0 Å².